The van der Waals surface area contributed by atoms with E-state index in [0.717, 1.165) is 4.90 Å². The van der Waals surface area contributed by atoms with E-state index >= 15 is 0 Å². The van der Waals surface area contributed by atoms with E-state index in [1.807, 2.05) is 6.07 Å². The standard InChI is InChI=1S/C17H13Cl2FN2O2S/c18-10-2-4-14-13(6-10)22-17(24)15(25-14)7-16(23)21-8-9-1-3-12(20)11(19)5-9/h1-6,15H,7-8H2,(H,21,23)(H,22,24)/t15-/m1/s1. The van der Waals surface area contributed by atoms with Crippen molar-refractivity contribution >= 4 is 52.5 Å². The lowest BCUT2D eigenvalue weighted by Crippen LogP contribution is -2.34. The van der Waals surface area contributed by atoms with Gasteiger partial charge in [-0.25, -0.2) is 4.39 Å². The molecule has 0 spiro atoms. The van der Waals surface area contributed by atoms with Gasteiger partial charge in [0.05, 0.1) is 16.0 Å². The van der Waals surface area contributed by atoms with Gasteiger partial charge in [0.1, 0.15) is 5.82 Å². The Bertz CT molecular complexity index is 847. The molecule has 1 aliphatic rings. The Hall–Kier alpha value is -1.76. The number of hydrogen-bond donors (Lipinski definition) is 2. The Labute approximate surface area is 158 Å². The lowest BCUT2D eigenvalue weighted by Gasteiger charge is -2.23. The van der Waals surface area contributed by atoms with Crippen LogP contribution in [-0.2, 0) is 16.1 Å². The highest BCUT2D eigenvalue weighted by atomic mass is 35.5. The minimum atomic E-state index is -0.523. The predicted molar refractivity (Wildman–Crippen MR) is 97.6 cm³/mol. The lowest BCUT2D eigenvalue weighted by atomic mass is 10.2. The number of thioether (sulfide) groups is 1. The molecule has 8 heteroatoms. The predicted octanol–water partition coefficient (Wildman–Crippen LogP) is 4.25. The first-order chi connectivity index (χ1) is 11.9. The maximum absolute atomic E-state index is 13.1. The molecule has 25 heavy (non-hydrogen) atoms. The van der Waals surface area contributed by atoms with Crippen molar-refractivity contribution in [3.63, 3.8) is 0 Å². The van der Waals surface area contributed by atoms with Crippen molar-refractivity contribution in [1.29, 1.82) is 0 Å². The van der Waals surface area contributed by atoms with Gasteiger partial charge in [-0.05, 0) is 35.9 Å². The molecule has 2 amide bonds. The van der Waals surface area contributed by atoms with Crippen LogP contribution in [0.2, 0.25) is 10.0 Å². The largest absolute Gasteiger partial charge is 0.352 e. The Morgan fingerprint density at radius 1 is 1.24 bits per heavy atom. The van der Waals surface area contributed by atoms with Gasteiger partial charge in [0.15, 0.2) is 0 Å². The summed E-state index contributed by atoms with van der Waals surface area (Å²) in [6.07, 6.45) is 0.0352. The maximum atomic E-state index is 13.1. The third-order valence-corrected chi connectivity index (χ3v) is 5.41. The second-order valence-corrected chi connectivity index (χ2v) is 7.55. The number of benzene rings is 2. The molecule has 130 valence electrons. The van der Waals surface area contributed by atoms with Gasteiger partial charge in [-0.15, -0.1) is 11.8 Å². The fourth-order valence-electron chi connectivity index (χ4n) is 2.35. The molecule has 0 aliphatic carbocycles. The van der Waals surface area contributed by atoms with E-state index in [2.05, 4.69) is 10.6 Å². The van der Waals surface area contributed by atoms with Crippen LogP contribution >= 0.6 is 35.0 Å². The average Bonchev–Trinajstić information content (AvgIpc) is 2.57. The molecule has 0 unspecified atom stereocenters. The fourth-order valence-corrected chi connectivity index (χ4v) is 3.81. The number of fused-ring (bicyclic) bond motifs is 1. The van der Waals surface area contributed by atoms with Gasteiger partial charge in [-0.3, -0.25) is 9.59 Å². The Morgan fingerprint density at radius 3 is 2.80 bits per heavy atom. The first-order valence-electron chi connectivity index (χ1n) is 7.40. The second kappa shape index (κ2) is 7.64. The van der Waals surface area contributed by atoms with E-state index in [4.69, 9.17) is 23.2 Å². The second-order valence-electron chi connectivity index (χ2n) is 5.47. The van der Waals surface area contributed by atoms with Crippen molar-refractivity contribution in [2.75, 3.05) is 5.32 Å². The van der Waals surface area contributed by atoms with Crippen LogP contribution in [0.4, 0.5) is 10.1 Å². The molecule has 1 heterocycles. The normalized spacial score (nSPS) is 16.1. The van der Waals surface area contributed by atoms with E-state index in [9.17, 15) is 14.0 Å². The quantitative estimate of drug-likeness (QED) is 0.808. The smallest absolute Gasteiger partial charge is 0.238 e. The van der Waals surface area contributed by atoms with E-state index in [1.165, 1.54) is 23.9 Å². The summed E-state index contributed by atoms with van der Waals surface area (Å²) in [5, 5.41) is 5.49. The zero-order valence-corrected chi connectivity index (χ0v) is 15.1. The monoisotopic (exact) mass is 398 g/mol. The zero-order valence-electron chi connectivity index (χ0n) is 12.8. The summed E-state index contributed by atoms with van der Waals surface area (Å²) in [6, 6.07) is 9.48. The molecule has 0 aromatic heterocycles. The number of anilines is 1. The van der Waals surface area contributed by atoms with Crippen molar-refractivity contribution in [1.82, 2.24) is 5.32 Å². The summed E-state index contributed by atoms with van der Waals surface area (Å²) < 4.78 is 13.1. The molecule has 2 N–H and O–H groups in total. The molecule has 1 atom stereocenters. The van der Waals surface area contributed by atoms with Crippen molar-refractivity contribution < 1.29 is 14.0 Å². The van der Waals surface area contributed by atoms with Crippen LogP contribution in [0.1, 0.15) is 12.0 Å². The number of halogens is 3. The highest BCUT2D eigenvalue weighted by molar-refractivity contribution is 8.01. The summed E-state index contributed by atoms with van der Waals surface area (Å²) in [4.78, 5) is 25.1. The lowest BCUT2D eigenvalue weighted by molar-refractivity contribution is -0.124. The topological polar surface area (TPSA) is 58.2 Å². The van der Waals surface area contributed by atoms with Gasteiger partial charge < -0.3 is 10.6 Å². The summed E-state index contributed by atoms with van der Waals surface area (Å²) in [6.45, 7) is 0.212. The molecular formula is C17H13Cl2FN2O2S. The number of nitrogens with one attached hydrogen (secondary N) is 2. The molecule has 4 nitrogen and oxygen atoms in total. The number of hydrogen-bond acceptors (Lipinski definition) is 3. The molecule has 0 saturated carbocycles. The van der Waals surface area contributed by atoms with E-state index in [1.54, 1.807) is 18.2 Å². The molecule has 0 saturated heterocycles. The number of rotatable bonds is 4. The van der Waals surface area contributed by atoms with E-state index in [0.29, 0.717) is 16.3 Å². The molecule has 0 radical (unpaired) electrons. The fraction of sp³-hybridized carbons (Fsp3) is 0.176. The third-order valence-electron chi connectivity index (χ3n) is 3.61. The number of carbonyl (C=O) groups excluding carboxylic acids is 2. The van der Waals surface area contributed by atoms with Gasteiger partial charge in [0, 0.05) is 22.9 Å². The number of carbonyl (C=O) groups is 2. The minimum absolute atomic E-state index is 0.00392. The van der Waals surface area contributed by atoms with Gasteiger partial charge in [-0.2, -0.15) is 0 Å². The first-order valence-corrected chi connectivity index (χ1v) is 9.03. The van der Waals surface area contributed by atoms with Gasteiger partial charge >= 0.3 is 0 Å². The summed E-state index contributed by atoms with van der Waals surface area (Å²) >= 11 is 12.9. The molecule has 2 aromatic rings. The number of amides is 2. The molecular weight excluding hydrogens is 386 g/mol. The first kappa shape index (κ1) is 18.0. The van der Waals surface area contributed by atoms with Crippen molar-refractivity contribution in [3.8, 4) is 0 Å². The highest BCUT2D eigenvalue weighted by Crippen LogP contribution is 2.38. The Balaban J connectivity index is 1.58. The highest BCUT2D eigenvalue weighted by Gasteiger charge is 2.29. The van der Waals surface area contributed by atoms with Crippen LogP contribution in [0.15, 0.2) is 41.3 Å². The van der Waals surface area contributed by atoms with E-state index in [-0.39, 0.29) is 29.8 Å². The third kappa shape index (κ3) is 4.45. The summed E-state index contributed by atoms with van der Waals surface area (Å²) in [5.41, 5.74) is 1.33. The van der Waals surface area contributed by atoms with E-state index < -0.39 is 11.1 Å². The summed E-state index contributed by atoms with van der Waals surface area (Å²) in [7, 11) is 0. The Morgan fingerprint density at radius 2 is 2.04 bits per heavy atom. The van der Waals surface area contributed by atoms with Crippen molar-refractivity contribution in [2.24, 2.45) is 0 Å². The molecule has 0 fully saturated rings. The van der Waals surface area contributed by atoms with Crippen LogP contribution in [0, 0.1) is 5.82 Å². The zero-order chi connectivity index (χ0) is 18.0. The molecule has 1 aliphatic heterocycles. The van der Waals surface area contributed by atoms with Gasteiger partial charge in [0.2, 0.25) is 11.8 Å². The summed E-state index contributed by atoms with van der Waals surface area (Å²) in [5.74, 6) is -1.02. The van der Waals surface area contributed by atoms with Gasteiger partial charge in [0.25, 0.3) is 0 Å². The molecule has 3 rings (SSSR count). The average molecular weight is 399 g/mol. The molecule has 0 bridgehead atoms. The Kier molecular flexibility index (Phi) is 5.51. The van der Waals surface area contributed by atoms with Crippen LogP contribution < -0.4 is 10.6 Å². The van der Waals surface area contributed by atoms with Crippen LogP contribution in [0.5, 0.6) is 0 Å². The van der Waals surface area contributed by atoms with Crippen molar-refractivity contribution in [2.45, 2.75) is 23.1 Å². The van der Waals surface area contributed by atoms with Crippen LogP contribution in [0.3, 0.4) is 0 Å². The maximum Gasteiger partial charge on any atom is 0.238 e. The molecule has 2 aromatic carbocycles. The SMILES string of the molecule is O=C(C[C@H]1Sc2ccc(Cl)cc2NC1=O)NCc1ccc(F)c(Cl)c1. The minimum Gasteiger partial charge on any atom is -0.352 e. The van der Waals surface area contributed by atoms with Crippen LogP contribution in [0.25, 0.3) is 0 Å². The van der Waals surface area contributed by atoms with Crippen molar-refractivity contribution in [3.05, 3.63) is 57.8 Å². The van der Waals surface area contributed by atoms with Crippen LogP contribution in [-0.4, -0.2) is 17.1 Å². The van der Waals surface area contributed by atoms with Gasteiger partial charge in [-0.1, -0.05) is 29.3 Å².